The van der Waals surface area contributed by atoms with Gasteiger partial charge in [0.05, 0.1) is 12.7 Å². The number of carbonyl (C=O) groups is 1. The second-order valence-electron chi connectivity index (χ2n) is 7.61. The molecule has 0 bridgehead atoms. The highest BCUT2D eigenvalue weighted by Crippen LogP contribution is 2.31. The molecule has 3 aliphatic heterocycles. The Hall–Kier alpha value is -1.53. The Bertz CT molecular complexity index is 717. The molecule has 4 N–H and O–H groups in total. The molecule has 168 valence electrons. The van der Waals surface area contributed by atoms with Crippen molar-refractivity contribution in [3.8, 4) is 0 Å². The van der Waals surface area contributed by atoms with Gasteiger partial charge in [0.2, 0.25) is 0 Å². The van der Waals surface area contributed by atoms with Gasteiger partial charge in [0.1, 0.15) is 30.9 Å². The number of esters is 1. The molecule has 11 heteroatoms. The zero-order chi connectivity index (χ0) is 21.7. The van der Waals surface area contributed by atoms with Crippen LogP contribution in [-0.4, -0.2) is 94.5 Å². The molecule has 0 aromatic rings. The topological polar surface area (TPSA) is 142 Å². The largest absolute Gasteiger partial charge is 0.466 e. The molecule has 0 aliphatic carbocycles. The molecule has 0 amide bonds. The van der Waals surface area contributed by atoms with Gasteiger partial charge in [0.25, 0.3) is 0 Å². The van der Waals surface area contributed by atoms with Crippen LogP contribution in [0.1, 0.15) is 39.0 Å². The number of aliphatic hydroxyl groups excluding tert-OH is 2. The van der Waals surface area contributed by atoms with Gasteiger partial charge in [0, 0.05) is 12.2 Å². The minimum atomic E-state index is -1.06. The number of carbonyl (C=O) groups excluding carboxylic acids is 1. The smallest absolute Gasteiger partial charge is 0.305 e. The third-order valence-electron chi connectivity index (χ3n) is 5.46. The molecule has 1 fully saturated rings. The molecule has 1 saturated heterocycles. The fourth-order valence-corrected chi connectivity index (χ4v) is 4.48. The Morgan fingerprint density at radius 1 is 1.40 bits per heavy atom. The van der Waals surface area contributed by atoms with E-state index in [1.54, 1.807) is 23.6 Å². The normalized spacial score (nSPS) is 32.8. The number of rotatable bonds is 10. The fraction of sp³-hybridized carbons (Fsp3) is 0.789. The van der Waals surface area contributed by atoms with Gasteiger partial charge in [-0.05, 0) is 32.4 Å². The number of unbranched alkanes of at least 4 members (excludes halogenated alkanes) is 2. The lowest BCUT2D eigenvalue weighted by atomic mass is 9.95. The lowest BCUT2D eigenvalue weighted by Gasteiger charge is -2.32. The van der Waals surface area contributed by atoms with Crippen LogP contribution in [0.3, 0.4) is 0 Å². The molecule has 30 heavy (non-hydrogen) atoms. The molecule has 0 spiro atoms. The molecule has 0 radical (unpaired) electrons. The van der Waals surface area contributed by atoms with Crippen LogP contribution in [0.25, 0.3) is 0 Å². The van der Waals surface area contributed by atoms with Crippen molar-refractivity contribution >= 4 is 35.6 Å². The van der Waals surface area contributed by atoms with Crippen LogP contribution >= 0.6 is 11.8 Å². The Labute approximate surface area is 180 Å². The standard InChI is InChI=1S/C19H31N5O5S/c1-3-28-13(25)7-5-4-6-8-19(20)16-17(21-10-23-19)24(11-22-16)18-15(27)14(26)12(29-18)9-30-2/h10,12,14-15,18,26-27H,3-9,11,20H2,1-2H3/t12-,14-,15-,18-,19?/m1/s1. The minimum Gasteiger partial charge on any atom is -0.466 e. The van der Waals surface area contributed by atoms with Crippen molar-refractivity contribution in [1.82, 2.24) is 4.90 Å². The van der Waals surface area contributed by atoms with Crippen LogP contribution in [0.15, 0.2) is 15.0 Å². The van der Waals surface area contributed by atoms with Gasteiger partial charge in [-0.1, -0.05) is 6.42 Å². The highest BCUT2D eigenvalue weighted by atomic mass is 32.2. The number of hydrogen-bond donors (Lipinski definition) is 3. The number of nitrogens with zero attached hydrogens (tertiary/aromatic N) is 4. The van der Waals surface area contributed by atoms with E-state index in [0.29, 0.717) is 36.7 Å². The van der Waals surface area contributed by atoms with E-state index in [4.69, 9.17) is 15.2 Å². The molecule has 3 heterocycles. The zero-order valence-electron chi connectivity index (χ0n) is 17.4. The highest BCUT2D eigenvalue weighted by molar-refractivity contribution is 7.98. The van der Waals surface area contributed by atoms with E-state index < -0.39 is 30.2 Å². The molecular formula is C19H31N5O5S. The predicted octanol–water partition coefficient (Wildman–Crippen LogP) is 0.119. The number of hydrogen-bond acceptors (Lipinski definition) is 11. The van der Waals surface area contributed by atoms with Crippen molar-refractivity contribution in [2.45, 2.75) is 69.2 Å². The quantitative estimate of drug-likeness (QED) is 0.320. The molecule has 0 aromatic heterocycles. The zero-order valence-corrected chi connectivity index (χ0v) is 18.3. The maximum atomic E-state index is 11.4. The van der Waals surface area contributed by atoms with Crippen LogP contribution in [0.4, 0.5) is 0 Å². The highest BCUT2D eigenvalue weighted by Gasteiger charge is 2.50. The summed E-state index contributed by atoms with van der Waals surface area (Å²) in [4.78, 5) is 26.4. The van der Waals surface area contributed by atoms with E-state index in [1.165, 1.54) is 6.34 Å². The van der Waals surface area contributed by atoms with Crippen molar-refractivity contribution in [2.24, 2.45) is 20.7 Å². The van der Waals surface area contributed by atoms with Crippen LogP contribution in [0, 0.1) is 0 Å². The first-order valence-electron chi connectivity index (χ1n) is 10.3. The monoisotopic (exact) mass is 441 g/mol. The van der Waals surface area contributed by atoms with E-state index in [0.717, 1.165) is 19.3 Å². The number of amidine groups is 1. The summed E-state index contributed by atoms with van der Waals surface area (Å²) in [6, 6.07) is 0. The third-order valence-corrected chi connectivity index (χ3v) is 6.12. The van der Waals surface area contributed by atoms with Gasteiger partial charge in [-0.2, -0.15) is 11.8 Å². The summed E-state index contributed by atoms with van der Waals surface area (Å²) in [5.41, 5.74) is 6.11. The maximum Gasteiger partial charge on any atom is 0.305 e. The predicted molar refractivity (Wildman–Crippen MR) is 116 cm³/mol. The Morgan fingerprint density at radius 3 is 2.93 bits per heavy atom. The molecule has 1 unspecified atom stereocenters. The number of nitrogens with two attached hydrogens (primary N) is 1. The Morgan fingerprint density at radius 2 is 2.20 bits per heavy atom. The van der Waals surface area contributed by atoms with Crippen molar-refractivity contribution in [1.29, 1.82) is 0 Å². The summed E-state index contributed by atoms with van der Waals surface area (Å²) in [6.07, 6.45) is 3.40. The van der Waals surface area contributed by atoms with Crippen molar-refractivity contribution in [3.63, 3.8) is 0 Å². The lowest BCUT2D eigenvalue weighted by Crippen LogP contribution is -2.55. The SMILES string of the molecule is CCOC(=O)CCCCCC1(N)N=CN=C2C1=NCN2[C@@H]1O[C@H](CSC)[C@@H](O)[C@H]1O. The number of ether oxygens (including phenoxy) is 2. The first-order valence-corrected chi connectivity index (χ1v) is 11.7. The van der Waals surface area contributed by atoms with Gasteiger partial charge in [0.15, 0.2) is 17.7 Å². The van der Waals surface area contributed by atoms with Gasteiger partial charge >= 0.3 is 5.97 Å². The number of aliphatic hydroxyl groups is 2. The van der Waals surface area contributed by atoms with E-state index in [9.17, 15) is 15.0 Å². The summed E-state index contributed by atoms with van der Waals surface area (Å²) in [7, 11) is 0. The van der Waals surface area contributed by atoms with Crippen molar-refractivity contribution < 1.29 is 24.5 Å². The van der Waals surface area contributed by atoms with Gasteiger partial charge in [-0.3, -0.25) is 9.79 Å². The van der Waals surface area contributed by atoms with E-state index in [1.807, 2.05) is 6.26 Å². The number of fused-ring (bicyclic) bond motifs is 1. The van der Waals surface area contributed by atoms with E-state index in [-0.39, 0.29) is 12.6 Å². The second-order valence-corrected chi connectivity index (χ2v) is 8.52. The summed E-state index contributed by atoms with van der Waals surface area (Å²) >= 11 is 1.55. The molecule has 3 aliphatic rings. The second kappa shape index (κ2) is 10.2. The number of thioether (sulfide) groups is 1. The van der Waals surface area contributed by atoms with Crippen LogP contribution < -0.4 is 5.73 Å². The molecule has 10 nitrogen and oxygen atoms in total. The summed E-state index contributed by atoms with van der Waals surface area (Å²) in [6.45, 7) is 2.42. The molecule has 5 atom stereocenters. The first-order chi connectivity index (χ1) is 14.4. The fourth-order valence-electron chi connectivity index (χ4n) is 3.88. The average molecular weight is 442 g/mol. The van der Waals surface area contributed by atoms with Gasteiger partial charge < -0.3 is 30.3 Å². The van der Waals surface area contributed by atoms with Gasteiger partial charge in [-0.25, -0.2) is 9.98 Å². The Kier molecular flexibility index (Phi) is 7.86. The number of aliphatic imine (C=N–C) groups is 3. The van der Waals surface area contributed by atoms with Crippen LogP contribution in [0.2, 0.25) is 0 Å². The maximum absolute atomic E-state index is 11.4. The van der Waals surface area contributed by atoms with E-state index >= 15 is 0 Å². The van der Waals surface area contributed by atoms with Crippen LogP contribution in [-0.2, 0) is 14.3 Å². The van der Waals surface area contributed by atoms with E-state index in [2.05, 4.69) is 15.0 Å². The summed E-state index contributed by atoms with van der Waals surface area (Å²) < 4.78 is 10.8. The lowest BCUT2D eigenvalue weighted by molar-refractivity contribution is -0.143. The van der Waals surface area contributed by atoms with Gasteiger partial charge in [-0.15, -0.1) is 0 Å². The van der Waals surface area contributed by atoms with Crippen LogP contribution in [0.5, 0.6) is 0 Å². The van der Waals surface area contributed by atoms with Crippen molar-refractivity contribution in [2.75, 3.05) is 25.3 Å². The Balaban J connectivity index is 1.57. The average Bonchev–Trinajstić information content (AvgIpc) is 3.26. The summed E-state index contributed by atoms with van der Waals surface area (Å²) in [5, 5.41) is 20.8. The third kappa shape index (κ3) is 4.86. The first kappa shape index (κ1) is 23.1. The van der Waals surface area contributed by atoms with Crippen molar-refractivity contribution in [3.05, 3.63) is 0 Å². The molecule has 3 rings (SSSR count). The summed E-state index contributed by atoms with van der Waals surface area (Å²) in [5.74, 6) is 0.926. The molecule has 0 saturated carbocycles. The molecular weight excluding hydrogens is 410 g/mol. The minimum absolute atomic E-state index is 0.182. The molecule has 0 aromatic carbocycles.